The molecule has 3 aliphatic rings. The largest absolute Gasteiger partial charge is 0.351 e. The van der Waals surface area contributed by atoms with E-state index in [9.17, 15) is 9.59 Å². The van der Waals surface area contributed by atoms with Crippen LogP contribution >= 0.6 is 11.3 Å². The molecule has 0 unspecified atom stereocenters. The summed E-state index contributed by atoms with van der Waals surface area (Å²) in [6.45, 7) is 3.52. The lowest BCUT2D eigenvalue weighted by Crippen LogP contribution is -2.47. The van der Waals surface area contributed by atoms with Gasteiger partial charge in [-0.1, -0.05) is 13.0 Å². The van der Waals surface area contributed by atoms with Gasteiger partial charge < -0.3 is 5.32 Å². The van der Waals surface area contributed by atoms with E-state index in [0.29, 0.717) is 25.3 Å². The zero-order valence-electron chi connectivity index (χ0n) is 15.4. The van der Waals surface area contributed by atoms with Crippen molar-refractivity contribution in [3.63, 3.8) is 0 Å². The van der Waals surface area contributed by atoms with Crippen molar-refractivity contribution in [3.8, 4) is 0 Å². The van der Waals surface area contributed by atoms with Crippen molar-refractivity contribution in [1.82, 2.24) is 10.2 Å². The Labute approximate surface area is 158 Å². The second kappa shape index (κ2) is 7.14. The molecule has 5 nitrogen and oxygen atoms in total. The molecule has 0 atom stereocenters. The van der Waals surface area contributed by atoms with Crippen LogP contribution in [0.3, 0.4) is 0 Å². The fourth-order valence-corrected chi connectivity index (χ4v) is 4.80. The Kier molecular flexibility index (Phi) is 4.86. The molecule has 1 N–H and O–H groups in total. The van der Waals surface area contributed by atoms with Gasteiger partial charge in [-0.05, 0) is 55.9 Å². The number of aliphatic imine (C=N–C) groups is 1. The fraction of sp³-hybridized carbons (Fsp3) is 0.650. The van der Waals surface area contributed by atoms with Crippen molar-refractivity contribution >= 4 is 29.0 Å². The molecule has 1 aliphatic heterocycles. The van der Waals surface area contributed by atoms with E-state index in [4.69, 9.17) is 4.99 Å². The van der Waals surface area contributed by atoms with E-state index in [1.807, 2.05) is 22.4 Å². The maximum atomic E-state index is 13.1. The van der Waals surface area contributed by atoms with Gasteiger partial charge in [-0.2, -0.15) is 0 Å². The maximum Gasteiger partial charge on any atom is 0.255 e. The van der Waals surface area contributed by atoms with Gasteiger partial charge in [-0.15, -0.1) is 11.3 Å². The third-order valence-electron chi connectivity index (χ3n) is 5.95. The van der Waals surface area contributed by atoms with Crippen LogP contribution < -0.4 is 5.32 Å². The number of amides is 2. The van der Waals surface area contributed by atoms with E-state index in [1.54, 1.807) is 11.3 Å². The first kappa shape index (κ1) is 17.7. The van der Waals surface area contributed by atoms with Crippen LogP contribution in [0, 0.1) is 11.8 Å². The summed E-state index contributed by atoms with van der Waals surface area (Å²) in [4.78, 5) is 33.6. The van der Waals surface area contributed by atoms with Gasteiger partial charge in [-0.3, -0.25) is 19.5 Å². The van der Waals surface area contributed by atoms with Gasteiger partial charge in [0, 0.05) is 23.8 Å². The lowest BCUT2D eigenvalue weighted by Gasteiger charge is -2.33. The average Bonchev–Trinajstić information content (AvgIpc) is 3.26. The molecule has 26 heavy (non-hydrogen) atoms. The molecule has 0 radical (unpaired) electrons. The summed E-state index contributed by atoms with van der Waals surface area (Å²) in [5.41, 5.74) is -0.579. The molecule has 2 heterocycles. The average molecular weight is 374 g/mol. The van der Waals surface area contributed by atoms with Crippen molar-refractivity contribution < 1.29 is 9.59 Å². The van der Waals surface area contributed by atoms with Crippen LogP contribution in [-0.2, 0) is 16.1 Å². The Morgan fingerprint density at radius 2 is 2.12 bits per heavy atom. The van der Waals surface area contributed by atoms with E-state index in [-0.39, 0.29) is 17.7 Å². The molecule has 2 amide bonds. The number of hydrogen-bond donors (Lipinski definition) is 1. The van der Waals surface area contributed by atoms with Gasteiger partial charge in [0.05, 0.1) is 6.54 Å². The summed E-state index contributed by atoms with van der Waals surface area (Å²) in [6.07, 6.45) is 6.19. The quantitative estimate of drug-likeness (QED) is 0.831. The molecule has 0 saturated heterocycles. The number of hydrogen-bond acceptors (Lipinski definition) is 4. The number of nitrogens with one attached hydrogen (secondary N) is 1. The minimum Gasteiger partial charge on any atom is -0.351 e. The first-order valence-electron chi connectivity index (χ1n) is 9.82. The van der Waals surface area contributed by atoms with Gasteiger partial charge >= 0.3 is 0 Å². The van der Waals surface area contributed by atoms with Crippen LogP contribution in [0.4, 0.5) is 0 Å². The van der Waals surface area contributed by atoms with Crippen molar-refractivity contribution in [1.29, 1.82) is 0 Å². The zero-order valence-corrected chi connectivity index (χ0v) is 16.2. The van der Waals surface area contributed by atoms with Crippen LogP contribution in [0.15, 0.2) is 22.5 Å². The van der Waals surface area contributed by atoms with Crippen molar-refractivity contribution in [2.45, 2.75) is 64.0 Å². The zero-order chi connectivity index (χ0) is 18.1. The second-order valence-corrected chi connectivity index (χ2v) is 8.88. The number of thiophene rings is 1. The Morgan fingerprint density at radius 3 is 2.73 bits per heavy atom. The summed E-state index contributed by atoms with van der Waals surface area (Å²) in [6, 6.07) is 4.03. The predicted molar refractivity (Wildman–Crippen MR) is 103 cm³/mol. The minimum absolute atomic E-state index is 0.00569. The van der Waals surface area contributed by atoms with Gasteiger partial charge in [-0.25, -0.2) is 0 Å². The molecule has 1 aromatic heterocycles. The highest BCUT2D eigenvalue weighted by Crippen LogP contribution is 2.41. The predicted octanol–water partition coefficient (Wildman–Crippen LogP) is 3.35. The standard InChI is InChI=1S/C20H27N3O2S/c1-2-17-22-20(19(25)23(17)13-14-5-6-14)9-7-15(8-10-20)18(24)21-12-16-4-3-11-26-16/h3-4,11,14-15H,2,5-10,12-13H2,1H3,(H,21,24). The highest BCUT2D eigenvalue weighted by Gasteiger charge is 2.50. The van der Waals surface area contributed by atoms with Crippen molar-refractivity contribution in [3.05, 3.63) is 22.4 Å². The van der Waals surface area contributed by atoms with Crippen molar-refractivity contribution in [2.75, 3.05) is 6.54 Å². The van der Waals surface area contributed by atoms with E-state index >= 15 is 0 Å². The monoisotopic (exact) mass is 373 g/mol. The highest BCUT2D eigenvalue weighted by molar-refractivity contribution is 7.09. The summed E-state index contributed by atoms with van der Waals surface area (Å²) < 4.78 is 0. The third kappa shape index (κ3) is 3.43. The molecule has 2 saturated carbocycles. The van der Waals surface area contributed by atoms with Gasteiger partial charge in [0.15, 0.2) is 0 Å². The molecule has 4 rings (SSSR count). The molecule has 6 heteroatoms. The molecular weight excluding hydrogens is 346 g/mol. The second-order valence-electron chi connectivity index (χ2n) is 7.84. The van der Waals surface area contributed by atoms with Crippen LogP contribution in [0.25, 0.3) is 0 Å². The number of amidine groups is 1. The third-order valence-corrected chi connectivity index (χ3v) is 6.83. The topological polar surface area (TPSA) is 61.8 Å². The van der Waals surface area contributed by atoms with E-state index in [0.717, 1.165) is 31.6 Å². The maximum absolute atomic E-state index is 13.1. The smallest absolute Gasteiger partial charge is 0.255 e. The molecular formula is C20H27N3O2S. The number of carbonyl (C=O) groups excluding carboxylic acids is 2. The lowest BCUT2D eigenvalue weighted by atomic mass is 9.76. The summed E-state index contributed by atoms with van der Waals surface area (Å²) in [5.74, 6) is 1.95. The molecule has 0 aromatic carbocycles. The van der Waals surface area contributed by atoms with Crippen LogP contribution in [0.2, 0.25) is 0 Å². The molecule has 0 bridgehead atoms. The summed E-state index contributed by atoms with van der Waals surface area (Å²) >= 11 is 1.66. The fourth-order valence-electron chi connectivity index (χ4n) is 4.16. The van der Waals surface area contributed by atoms with Crippen LogP contribution in [-0.4, -0.2) is 34.6 Å². The molecule has 140 valence electrons. The Hall–Kier alpha value is -1.69. The number of nitrogens with zero attached hydrogens (tertiary/aromatic N) is 2. The number of rotatable bonds is 6. The van der Waals surface area contributed by atoms with E-state index in [2.05, 4.69) is 12.2 Å². The van der Waals surface area contributed by atoms with Crippen LogP contribution in [0.5, 0.6) is 0 Å². The molecule has 1 spiro atoms. The summed E-state index contributed by atoms with van der Waals surface area (Å²) in [7, 11) is 0. The van der Waals surface area contributed by atoms with Gasteiger partial charge in [0.25, 0.3) is 5.91 Å². The normalized spacial score (nSPS) is 28.5. The Bertz CT molecular complexity index is 701. The van der Waals surface area contributed by atoms with Gasteiger partial charge in [0.2, 0.25) is 5.91 Å². The lowest BCUT2D eigenvalue weighted by molar-refractivity contribution is -0.135. The minimum atomic E-state index is -0.579. The molecule has 2 fully saturated rings. The molecule has 1 aromatic rings. The Balaban J connectivity index is 1.35. The van der Waals surface area contributed by atoms with Crippen LogP contribution in [0.1, 0.15) is 56.7 Å². The highest BCUT2D eigenvalue weighted by atomic mass is 32.1. The first-order chi connectivity index (χ1) is 12.6. The summed E-state index contributed by atoms with van der Waals surface area (Å²) in [5, 5.41) is 5.07. The molecule has 2 aliphatic carbocycles. The van der Waals surface area contributed by atoms with Crippen molar-refractivity contribution in [2.24, 2.45) is 16.8 Å². The van der Waals surface area contributed by atoms with E-state index < -0.39 is 5.54 Å². The number of carbonyl (C=O) groups is 2. The Morgan fingerprint density at radius 1 is 1.35 bits per heavy atom. The SMILES string of the molecule is CCC1=NC2(CCC(C(=O)NCc3cccs3)CC2)C(=O)N1CC1CC1. The van der Waals surface area contributed by atoms with E-state index in [1.165, 1.54) is 17.7 Å². The first-order valence-corrected chi connectivity index (χ1v) is 10.7. The van der Waals surface area contributed by atoms with Gasteiger partial charge in [0.1, 0.15) is 11.4 Å².